The van der Waals surface area contributed by atoms with E-state index in [1.165, 1.54) is 17.8 Å². The van der Waals surface area contributed by atoms with E-state index in [2.05, 4.69) is 15.6 Å². The first-order chi connectivity index (χ1) is 15.2. The van der Waals surface area contributed by atoms with Crippen molar-refractivity contribution in [3.8, 4) is 5.75 Å². The molecule has 1 aliphatic carbocycles. The monoisotopic (exact) mass is 443 g/mol. The summed E-state index contributed by atoms with van der Waals surface area (Å²) in [6.45, 7) is 1.89. The van der Waals surface area contributed by atoms with Gasteiger partial charge in [0.1, 0.15) is 16.7 Å². The highest BCUT2D eigenvalue weighted by Crippen LogP contribution is 2.29. The van der Waals surface area contributed by atoms with Crippen LogP contribution in [0, 0.1) is 0 Å². The van der Waals surface area contributed by atoms with Crippen LogP contribution >= 0.6 is 11.3 Å². The molecular formula is C23H29N3O4S. The van der Waals surface area contributed by atoms with E-state index in [1.807, 2.05) is 0 Å². The van der Waals surface area contributed by atoms with Crippen LogP contribution in [-0.2, 0) is 9.53 Å². The number of nitrogens with zero attached hydrogens (tertiary/aromatic N) is 1. The van der Waals surface area contributed by atoms with Gasteiger partial charge in [-0.3, -0.25) is 4.79 Å². The summed E-state index contributed by atoms with van der Waals surface area (Å²) in [4.78, 5) is 29.6. The summed E-state index contributed by atoms with van der Waals surface area (Å²) in [5.74, 6) is 0.500. The van der Waals surface area contributed by atoms with E-state index >= 15 is 0 Å². The lowest BCUT2D eigenvalue weighted by molar-refractivity contribution is -0.152. The van der Waals surface area contributed by atoms with Gasteiger partial charge in [-0.25, -0.2) is 9.78 Å². The number of rotatable bonds is 7. The first-order valence-corrected chi connectivity index (χ1v) is 11.9. The van der Waals surface area contributed by atoms with E-state index in [1.54, 1.807) is 30.5 Å². The molecule has 2 aromatic rings. The van der Waals surface area contributed by atoms with Crippen LogP contribution in [-0.4, -0.2) is 42.7 Å². The average Bonchev–Trinajstić information content (AvgIpc) is 3.31. The van der Waals surface area contributed by atoms with Crippen LogP contribution in [0.15, 0.2) is 30.5 Å². The van der Waals surface area contributed by atoms with Gasteiger partial charge in [0.25, 0.3) is 5.91 Å². The van der Waals surface area contributed by atoms with Gasteiger partial charge >= 0.3 is 5.97 Å². The number of carbonyl (C=O) groups is 2. The summed E-state index contributed by atoms with van der Waals surface area (Å²) in [6.07, 6.45) is 9.15. The van der Waals surface area contributed by atoms with Crippen LogP contribution in [0.25, 0.3) is 0 Å². The molecule has 0 atom stereocenters. The quantitative estimate of drug-likeness (QED) is 0.626. The number of hydrogen-bond donors (Lipinski definition) is 2. The Bertz CT molecular complexity index is 871. The molecule has 0 bridgehead atoms. The summed E-state index contributed by atoms with van der Waals surface area (Å²) in [5.41, 5.74) is 0.666. The fraction of sp³-hybridized carbons (Fsp3) is 0.522. The fourth-order valence-electron chi connectivity index (χ4n) is 4.02. The minimum Gasteiger partial charge on any atom is -0.482 e. The Hall–Kier alpha value is -2.45. The van der Waals surface area contributed by atoms with E-state index in [0.29, 0.717) is 22.2 Å². The number of piperidine rings is 1. The van der Waals surface area contributed by atoms with Crippen LogP contribution in [0.5, 0.6) is 5.75 Å². The molecule has 2 aliphatic rings. The largest absolute Gasteiger partial charge is 0.482 e. The van der Waals surface area contributed by atoms with Crippen LogP contribution < -0.4 is 15.4 Å². The van der Waals surface area contributed by atoms with Crippen molar-refractivity contribution >= 4 is 28.9 Å². The molecule has 8 heteroatoms. The number of ether oxygens (including phenoxy) is 2. The summed E-state index contributed by atoms with van der Waals surface area (Å²) in [6, 6.07) is 6.98. The molecule has 1 saturated heterocycles. The second-order valence-corrected chi connectivity index (χ2v) is 9.17. The van der Waals surface area contributed by atoms with E-state index in [0.717, 1.165) is 56.6 Å². The Labute approximate surface area is 186 Å². The molecule has 166 valence electrons. The van der Waals surface area contributed by atoms with Crippen molar-refractivity contribution in [3.63, 3.8) is 0 Å². The third kappa shape index (κ3) is 6.27. The molecule has 2 fully saturated rings. The number of benzene rings is 1. The molecule has 4 rings (SSSR count). The second kappa shape index (κ2) is 10.7. The Balaban J connectivity index is 1.24. The van der Waals surface area contributed by atoms with Crippen molar-refractivity contribution in [2.45, 2.75) is 57.0 Å². The molecule has 0 radical (unpaired) electrons. The zero-order chi connectivity index (χ0) is 21.5. The smallest absolute Gasteiger partial charge is 0.344 e. The highest BCUT2D eigenvalue weighted by molar-refractivity contribution is 7.13. The molecule has 2 N–H and O–H groups in total. The molecular weight excluding hydrogens is 414 g/mol. The minimum atomic E-state index is -0.334. The van der Waals surface area contributed by atoms with Crippen LogP contribution in [0.3, 0.4) is 0 Å². The lowest BCUT2D eigenvalue weighted by Crippen LogP contribution is -2.26. The van der Waals surface area contributed by atoms with Gasteiger partial charge < -0.3 is 20.1 Å². The minimum absolute atomic E-state index is 0.0319. The van der Waals surface area contributed by atoms with Crippen molar-refractivity contribution in [1.82, 2.24) is 10.3 Å². The van der Waals surface area contributed by atoms with E-state index in [-0.39, 0.29) is 24.6 Å². The zero-order valence-electron chi connectivity index (χ0n) is 17.6. The molecule has 0 unspecified atom stereocenters. The summed E-state index contributed by atoms with van der Waals surface area (Å²) >= 11 is 1.47. The number of anilines is 1. The van der Waals surface area contributed by atoms with Gasteiger partial charge in [0, 0.05) is 11.6 Å². The maximum Gasteiger partial charge on any atom is 0.344 e. The van der Waals surface area contributed by atoms with E-state index < -0.39 is 0 Å². The molecule has 7 nitrogen and oxygen atoms in total. The number of hydrogen-bond acceptors (Lipinski definition) is 7. The molecule has 1 amide bonds. The van der Waals surface area contributed by atoms with Crippen molar-refractivity contribution in [3.05, 3.63) is 40.3 Å². The van der Waals surface area contributed by atoms with Crippen LogP contribution in [0.1, 0.15) is 65.5 Å². The van der Waals surface area contributed by atoms with Gasteiger partial charge in [-0.1, -0.05) is 6.42 Å². The van der Waals surface area contributed by atoms with Crippen molar-refractivity contribution in [2.24, 2.45) is 0 Å². The van der Waals surface area contributed by atoms with E-state index in [4.69, 9.17) is 9.47 Å². The first kappa shape index (κ1) is 21.8. The maximum absolute atomic E-state index is 12.6. The predicted octanol–water partition coefficient (Wildman–Crippen LogP) is 4.12. The Morgan fingerprint density at radius 1 is 1.06 bits per heavy atom. The third-order valence-electron chi connectivity index (χ3n) is 5.75. The number of thiazole rings is 1. The summed E-state index contributed by atoms with van der Waals surface area (Å²) in [5, 5.41) is 7.28. The number of esters is 1. The van der Waals surface area contributed by atoms with Crippen LogP contribution in [0.4, 0.5) is 5.69 Å². The Kier molecular flexibility index (Phi) is 7.53. The third-order valence-corrected chi connectivity index (χ3v) is 6.91. The number of aromatic nitrogens is 1. The Morgan fingerprint density at radius 2 is 1.81 bits per heavy atom. The average molecular weight is 444 g/mol. The highest BCUT2D eigenvalue weighted by Gasteiger charge is 2.21. The molecule has 1 aliphatic heterocycles. The standard InChI is InChI=1S/C23H29N3O4S/c27-21(30-19-4-2-1-3-5-19)15-29-18-8-6-17(7-9-18)26-22(28)20-14-25-23(31-20)16-10-12-24-13-11-16/h6-9,14,16,19,24H,1-5,10-13,15H2,(H,26,28). The normalized spacial score (nSPS) is 17.8. The van der Waals surface area contributed by atoms with Crippen molar-refractivity contribution < 1.29 is 19.1 Å². The molecule has 1 aromatic carbocycles. The molecule has 0 spiro atoms. The predicted molar refractivity (Wildman–Crippen MR) is 120 cm³/mol. The van der Waals surface area contributed by atoms with Crippen LogP contribution in [0.2, 0.25) is 0 Å². The lowest BCUT2D eigenvalue weighted by atomic mass is 9.98. The number of carbonyl (C=O) groups excluding carboxylic acids is 2. The first-order valence-electron chi connectivity index (χ1n) is 11.1. The SMILES string of the molecule is O=C(COc1ccc(NC(=O)c2cnc(C3CCNCC3)s2)cc1)OC1CCCCC1. The molecule has 31 heavy (non-hydrogen) atoms. The summed E-state index contributed by atoms with van der Waals surface area (Å²) < 4.78 is 11.0. The van der Waals surface area contributed by atoms with Crippen molar-refractivity contribution in [2.75, 3.05) is 25.0 Å². The van der Waals surface area contributed by atoms with Gasteiger partial charge in [0.15, 0.2) is 6.61 Å². The van der Waals surface area contributed by atoms with E-state index in [9.17, 15) is 9.59 Å². The highest BCUT2D eigenvalue weighted by atomic mass is 32.1. The number of nitrogens with one attached hydrogen (secondary N) is 2. The second-order valence-electron chi connectivity index (χ2n) is 8.10. The topological polar surface area (TPSA) is 89.5 Å². The number of amides is 1. The zero-order valence-corrected chi connectivity index (χ0v) is 18.4. The van der Waals surface area contributed by atoms with Crippen molar-refractivity contribution in [1.29, 1.82) is 0 Å². The maximum atomic E-state index is 12.6. The van der Waals surface area contributed by atoms with Gasteiger partial charge in [-0.05, 0) is 75.9 Å². The lowest BCUT2D eigenvalue weighted by Gasteiger charge is -2.21. The molecule has 1 aromatic heterocycles. The van der Waals surface area contributed by atoms with Gasteiger partial charge in [0.2, 0.25) is 0 Å². The van der Waals surface area contributed by atoms with Gasteiger partial charge in [0.05, 0.1) is 11.2 Å². The fourth-order valence-corrected chi connectivity index (χ4v) is 5.00. The van der Waals surface area contributed by atoms with Gasteiger partial charge in [-0.15, -0.1) is 11.3 Å². The Morgan fingerprint density at radius 3 is 2.55 bits per heavy atom. The molecule has 1 saturated carbocycles. The summed E-state index contributed by atoms with van der Waals surface area (Å²) in [7, 11) is 0. The molecule has 2 heterocycles. The van der Waals surface area contributed by atoms with Gasteiger partial charge in [-0.2, -0.15) is 0 Å².